The topological polar surface area (TPSA) is 106 Å². The molecule has 234 valence electrons. The standard InChI is InChI=1S/C26H38F2N6OS.C4H3NOS/c1-16(2)24-32-31-17(3)34(24)21-12-19-4-5-20(13-21)33(19)11-8-22(23-14-29-15-36-23)30-25(35)18-6-9-26(27,28)10-7-18;6-2-4-1-5-3-7-4/h14-16,18-22H,4-13H2,1-3H3,(H,30,35);1-3H/t19?,20?,21?,22-;/m0./s1. The van der Waals surface area contributed by atoms with E-state index in [2.05, 4.69) is 55.7 Å². The summed E-state index contributed by atoms with van der Waals surface area (Å²) in [6.45, 7) is 7.32. The Kier molecular flexibility index (Phi) is 10.3. The van der Waals surface area contributed by atoms with Gasteiger partial charge in [0.2, 0.25) is 11.8 Å². The fourth-order valence-corrected chi connectivity index (χ4v) is 8.02. The monoisotopic (exact) mass is 633 g/mol. The van der Waals surface area contributed by atoms with Crippen molar-refractivity contribution in [3.63, 3.8) is 0 Å². The summed E-state index contributed by atoms with van der Waals surface area (Å²) in [5.74, 6) is -0.602. The summed E-state index contributed by atoms with van der Waals surface area (Å²) in [6, 6.07) is 1.35. The minimum absolute atomic E-state index is 0.0881. The summed E-state index contributed by atoms with van der Waals surface area (Å²) in [4.78, 5) is 35.1. The highest BCUT2D eigenvalue weighted by atomic mass is 32.1. The molecular formula is C30H41F2N7O2S2. The van der Waals surface area contributed by atoms with Crippen LogP contribution < -0.4 is 5.32 Å². The van der Waals surface area contributed by atoms with Crippen LogP contribution in [0.2, 0.25) is 0 Å². The van der Waals surface area contributed by atoms with Gasteiger partial charge in [-0.2, -0.15) is 0 Å². The molecule has 3 aromatic rings. The van der Waals surface area contributed by atoms with Gasteiger partial charge in [0.25, 0.3) is 0 Å². The molecule has 9 nitrogen and oxygen atoms in total. The van der Waals surface area contributed by atoms with Crippen molar-refractivity contribution in [3.05, 3.63) is 44.8 Å². The third kappa shape index (κ3) is 7.72. The fourth-order valence-electron chi connectivity index (χ4n) is 6.89. The number of amides is 1. The molecule has 2 aliphatic heterocycles. The summed E-state index contributed by atoms with van der Waals surface area (Å²) in [5.41, 5.74) is 3.42. The number of nitrogens with zero attached hydrogens (tertiary/aromatic N) is 6. The second-order valence-corrected chi connectivity index (χ2v) is 14.1. The van der Waals surface area contributed by atoms with Crippen molar-refractivity contribution in [2.24, 2.45) is 5.92 Å². The average molecular weight is 634 g/mol. The van der Waals surface area contributed by atoms with Crippen LogP contribution in [0.25, 0.3) is 0 Å². The van der Waals surface area contributed by atoms with Gasteiger partial charge < -0.3 is 9.88 Å². The zero-order valence-electron chi connectivity index (χ0n) is 25.0. The van der Waals surface area contributed by atoms with E-state index in [0.717, 1.165) is 48.6 Å². The third-order valence-corrected chi connectivity index (χ3v) is 10.7. The van der Waals surface area contributed by atoms with Crippen LogP contribution in [0, 0.1) is 12.8 Å². The number of piperidine rings is 1. The number of fused-ring (bicyclic) bond motifs is 2. The number of aldehydes is 1. The van der Waals surface area contributed by atoms with Gasteiger partial charge in [-0.1, -0.05) is 13.8 Å². The molecule has 43 heavy (non-hydrogen) atoms. The molecule has 2 saturated heterocycles. The molecule has 0 spiro atoms. The zero-order valence-corrected chi connectivity index (χ0v) is 26.6. The summed E-state index contributed by atoms with van der Waals surface area (Å²) in [5, 5.41) is 12.0. The number of thiazole rings is 2. The Hall–Kier alpha value is -2.64. The number of aromatic nitrogens is 5. The number of halogens is 2. The minimum atomic E-state index is -2.62. The molecule has 2 unspecified atom stereocenters. The van der Waals surface area contributed by atoms with Crippen LogP contribution in [-0.4, -0.2) is 66.4 Å². The van der Waals surface area contributed by atoms with Crippen molar-refractivity contribution in [2.75, 3.05) is 6.54 Å². The molecule has 6 rings (SSSR count). The molecule has 2 bridgehead atoms. The summed E-state index contributed by atoms with van der Waals surface area (Å²) < 4.78 is 29.5. The molecule has 1 N–H and O–H groups in total. The number of nitrogens with one attached hydrogen (secondary N) is 1. The largest absolute Gasteiger partial charge is 0.348 e. The molecule has 13 heteroatoms. The van der Waals surface area contributed by atoms with Gasteiger partial charge in [0.1, 0.15) is 11.6 Å². The third-order valence-electron chi connectivity index (χ3n) is 9.08. The SMILES string of the molecule is Cc1nnc(C(C)C)n1C1CC2CCC(C1)N2CC[C@H](NC(=O)C1CCC(F)(F)CC1)c1cncs1.O=Cc1cncs1. The van der Waals surface area contributed by atoms with Gasteiger partial charge in [-0.15, -0.1) is 32.9 Å². The summed E-state index contributed by atoms with van der Waals surface area (Å²) in [6.07, 6.45) is 9.69. The maximum absolute atomic E-state index is 13.6. The van der Waals surface area contributed by atoms with E-state index >= 15 is 0 Å². The van der Waals surface area contributed by atoms with Gasteiger partial charge in [-0.05, 0) is 51.9 Å². The molecule has 3 fully saturated rings. The first-order valence-electron chi connectivity index (χ1n) is 15.2. The van der Waals surface area contributed by atoms with Gasteiger partial charge in [-0.25, -0.2) is 8.78 Å². The highest BCUT2D eigenvalue weighted by molar-refractivity contribution is 7.11. The molecule has 0 radical (unpaired) electrons. The van der Waals surface area contributed by atoms with Crippen molar-refractivity contribution >= 4 is 34.9 Å². The molecule has 1 saturated carbocycles. The predicted octanol–water partition coefficient (Wildman–Crippen LogP) is 6.36. The van der Waals surface area contributed by atoms with E-state index in [1.165, 1.54) is 30.4 Å². The first kappa shape index (κ1) is 31.8. The molecule has 3 aliphatic rings. The Morgan fingerprint density at radius 2 is 1.72 bits per heavy atom. The Bertz CT molecular complexity index is 1310. The van der Waals surface area contributed by atoms with Gasteiger partial charge in [0.05, 0.1) is 21.9 Å². The second kappa shape index (κ2) is 14.0. The van der Waals surface area contributed by atoms with Crippen LogP contribution in [0.15, 0.2) is 23.4 Å². The van der Waals surface area contributed by atoms with E-state index < -0.39 is 5.92 Å². The van der Waals surface area contributed by atoms with Crippen molar-refractivity contribution in [3.8, 4) is 0 Å². The van der Waals surface area contributed by atoms with E-state index in [-0.39, 0.29) is 43.6 Å². The maximum atomic E-state index is 13.6. The molecule has 5 heterocycles. The normalized spacial score (nSPS) is 24.4. The van der Waals surface area contributed by atoms with Crippen LogP contribution in [-0.2, 0) is 4.79 Å². The highest BCUT2D eigenvalue weighted by Gasteiger charge is 2.43. The molecule has 1 aliphatic carbocycles. The van der Waals surface area contributed by atoms with Crippen LogP contribution in [0.4, 0.5) is 8.78 Å². The average Bonchev–Trinajstić information content (AvgIpc) is 3.79. The highest BCUT2D eigenvalue weighted by Crippen LogP contribution is 2.43. The van der Waals surface area contributed by atoms with Crippen LogP contribution in [0.5, 0.6) is 0 Å². The number of alkyl halides is 2. The lowest BCUT2D eigenvalue weighted by molar-refractivity contribution is -0.130. The van der Waals surface area contributed by atoms with E-state index in [1.807, 2.05) is 6.20 Å². The smallest absolute Gasteiger partial charge is 0.248 e. The Balaban J connectivity index is 0.000000463. The first-order chi connectivity index (χ1) is 20.6. The Morgan fingerprint density at radius 1 is 1.05 bits per heavy atom. The van der Waals surface area contributed by atoms with Gasteiger partial charge in [-0.3, -0.25) is 24.5 Å². The Morgan fingerprint density at radius 3 is 2.28 bits per heavy atom. The number of carbonyl (C=O) groups is 2. The number of rotatable bonds is 9. The van der Waals surface area contributed by atoms with Crippen molar-refractivity contribution in [2.45, 2.75) is 115 Å². The molecular weight excluding hydrogens is 593 g/mol. The number of hydrogen-bond acceptors (Lipinski definition) is 9. The summed E-state index contributed by atoms with van der Waals surface area (Å²) >= 11 is 2.89. The van der Waals surface area contributed by atoms with E-state index in [0.29, 0.717) is 28.9 Å². The maximum Gasteiger partial charge on any atom is 0.248 e. The van der Waals surface area contributed by atoms with E-state index in [4.69, 9.17) is 0 Å². The zero-order chi connectivity index (χ0) is 30.6. The quantitative estimate of drug-likeness (QED) is 0.273. The van der Waals surface area contributed by atoms with Crippen LogP contribution in [0.3, 0.4) is 0 Å². The lowest BCUT2D eigenvalue weighted by Crippen LogP contribution is -2.45. The fraction of sp³-hybridized carbons (Fsp3) is 0.667. The van der Waals surface area contributed by atoms with E-state index in [1.54, 1.807) is 22.4 Å². The van der Waals surface area contributed by atoms with Crippen LogP contribution in [0.1, 0.15) is 116 Å². The lowest BCUT2D eigenvalue weighted by Gasteiger charge is -2.40. The predicted molar refractivity (Wildman–Crippen MR) is 163 cm³/mol. The summed E-state index contributed by atoms with van der Waals surface area (Å²) in [7, 11) is 0. The minimum Gasteiger partial charge on any atom is -0.348 e. The van der Waals surface area contributed by atoms with E-state index in [9.17, 15) is 18.4 Å². The van der Waals surface area contributed by atoms with Gasteiger partial charge >= 0.3 is 0 Å². The Labute approximate surface area is 259 Å². The number of aryl methyl sites for hydroxylation is 1. The lowest BCUT2D eigenvalue weighted by atomic mass is 9.86. The van der Waals surface area contributed by atoms with Gasteiger partial charge in [0, 0.05) is 66.6 Å². The number of hydrogen-bond donors (Lipinski definition) is 1. The second-order valence-electron chi connectivity index (χ2n) is 12.3. The van der Waals surface area contributed by atoms with Gasteiger partial charge in [0.15, 0.2) is 6.29 Å². The van der Waals surface area contributed by atoms with Crippen molar-refractivity contribution in [1.82, 2.24) is 34.9 Å². The molecule has 1 amide bonds. The molecule has 0 aromatic carbocycles. The first-order valence-corrected chi connectivity index (χ1v) is 17.0. The van der Waals surface area contributed by atoms with Crippen molar-refractivity contribution < 1.29 is 18.4 Å². The molecule has 3 aromatic heterocycles. The van der Waals surface area contributed by atoms with Crippen molar-refractivity contribution in [1.29, 1.82) is 0 Å². The van der Waals surface area contributed by atoms with Crippen LogP contribution >= 0.6 is 22.7 Å². The molecule has 3 atom stereocenters. The number of carbonyl (C=O) groups excluding carboxylic acids is 2.